The Morgan fingerprint density at radius 2 is 2.11 bits per heavy atom. The monoisotopic (exact) mass is 515 g/mol. The number of hydrogen-bond acceptors (Lipinski definition) is 9. The van der Waals surface area contributed by atoms with Gasteiger partial charge in [-0.05, 0) is 19.2 Å². The van der Waals surface area contributed by atoms with E-state index >= 15 is 0 Å². The number of aliphatic imine (C=N–C) groups is 1. The first-order valence-corrected chi connectivity index (χ1v) is 12.8. The van der Waals surface area contributed by atoms with Crippen molar-refractivity contribution >= 4 is 41.4 Å². The number of fused-ring (bicyclic) bond motifs is 1. The number of nitrogens with zero attached hydrogens (tertiary/aromatic N) is 11. The molecule has 2 saturated heterocycles. The molecule has 1 unspecified atom stereocenters. The number of aromatic nitrogens is 5. The molecule has 38 heavy (non-hydrogen) atoms. The van der Waals surface area contributed by atoms with Crippen LogP contribution in [-0.4, -0.2) is 117 Å². The predicted molar refractivity (Wildman–Crippen MR) is 142 cm³/mol. The standard InChI is InChI=1S/C25H31N12O/c1-32-8-10-34(11-9-32)22(38)15-36-13-19(12-28-36)29-24-30-23-20(4-3-7-37(23)31-24)35-16-25(17-35,5-6-26)21-14-33(2)18-27-21/h3-4,7,12-14,18,21H,5,8-11,15-17H2,1-2H3,(H,29,31)/q+1. The highest BCUT2D eigenvalue weighted by atomic mass is 16.2. The Bertz CT molecular complexity index is 1450. The van der Waals surface area contributed by atoms with Crippen LogP contribution in [-0.2, 0) is 11.3 Å². The predicted octanol–water partition coefficient (Wildman–Crippen LogP) is 0.287. The van der Waals surface area contributed by atoms with Gasteiger partial charge < -0.3 is 20.0 Å². The molecule has 0 aromatic carbocycles. The third-order valence-corrected chi connectivity index (χ3v) is 7.58. The van der Waals surface area contributed by atoms with Crippen LogP contribution in [0.15, 0.2) is 35.7 Å². The Kier molecular flexibility index (Phi) is 6.03. The van der Waals surface area contributed by atoms with Gasteiger partial charge in [0.2, 0.25) is 17.9 Å². The van der Waals surface area contributed by atoms with Crippen molar-refractivity contribution in [2.75, 3.05) is 63.6 Å². The van der Waals surface area contributed by atoms with Crippen LogP contribution >= 0.6 is 0 Å². The van der Waals surface area contributed by atoms with Crippen molar-refractivity contribution in [2.24, 2.45) is 10.4 Å². The molecule has 2 fully saturated rings. The van der Waals surface area contributed by atoms with E-state index in [0.29, 0.717) is 18.1 Å². The minimum absolute atomic E-state index is 0.00194. The van der Waals surface area contributed by atoms with Gasteiger partial charge in [0, 0.05) is 58.1 Å². The Morgan fingerprint density at radius 1 is 1.29 bits per heavy atom. The maximum Gasteiger partial charge on any atom is 0.280 e. The largest absolute Gasteiger partial charge is 0.367 e. The van der Waals surface area contributed by atoms with Crippen LogP contribution in [0, 0.1) is 16.7 Å². The zero-order valence-electron chi connectivity index (χ0n) is 21.6. The van der Waals surface area contributed by atoms with E-state index < -0.39 is 0 Å². The molecule has 13 heteroatoms. The number of likely N-dealkylation sites (N-methyl/N-ethyl adjacent to an activating group) is 1. The fraction of sp³-hybridized carbons (Fsp3) is 0.480. The number of piperazine rings is 1. The van der Waals surface area contributed by atoms with Crippen LogP contribution in [0.25, 0.3) is 5.65 Å². The molecule has 0 radical (unpaired) electrons. The molecule has 0 bridgehead atoms. The second-order valence-electron chi connectivity index (χ2n) is 10.4. The molecule has 3 aromatic heterocycles. The second-order valence-corrected chi connectivity index (χ2v) is 10.4. The van der Waals surface area contributed by atoms with E-state index in [2.05, 4.69) is 49.6 Å². The molecule has 3 aliphatic heterocycles. The summed E-state index contributed by atoms with van der Waals surface area (Å²) in [5, 5.41) is 21.6. The van der Waals surface area contributed by atoms with Crippen LogP contribution in [0.1, 0.15) is 6.42 Å². The smallest absolute Gasteiger partial charge is 0.280 e. The molecule has 0 saturated carbocycles. The number of carbonyl (C=O) groups is 1. The lowest BCUT2D eigenvalue weighted by atomic mass is 9.71. The van der Waals surface area contributed by atoms with E-state index in [4.69, 9.17) is 4.98 Å². The Balaban J connectivity index is 1.13. The molecule has 1 N–H and O–H groups in total. The minimum atomic E-state index is -0.208. The van der Waals surface area contributed by atoms with E-state index in [-0.39, 0.29) is 23.9 Å². The van der Waals surface area contributed by atoms with Gasteiger partial charge in [0.05, 0.1) is 36.1 Å². The number of rotatable bonds is 7. The number of anilines is 3. The molecule has 1 atom stereocenters. The summed E-state index contributed by atoms with van der Waals surface area (Å²) in [4.78, 5) is 28.3. The summed E-state index contributed by atoms with van der Waals surface area (Å²) in [5.74, 6) is 0.513. The molecule has 1 amide bonds. The molecule has 3 aliphatic rings. The molecule has 0 spiro atoms. The SMILES string of the molecule is CN1CCN(C(=O)Cn2cc(Nc3nc4c(N5CC(CC#N)(C6C=[N+](C)C=N6)C5)cccn4n3)cn2)CC1. The molecular weight excluding hydrogens is 484 g/mol. The van der Waals surface area contributed by atoms with E-state index in [1.54, 1.807) is 21.6 Å². The third kappa shape index (κ3) is 4.47. The van der Waals surface area contributed by atoms with Crippen LogP contribution in [0.3, 0.4) is 0 Å². The summed E-state index contributed by atoms with van der Waals surface area (Å²) >= 11 is 0. The van der Waals surface area contributed by atoms with Gasteiger partial charge in [-0.15, -0.1) is 5.10 Å². The number of nitrogens with one attached hydrogen (secondary N) is 1. The summed E-state index contributed by atoms with van der Waals surface area (Å²) in [7, 11) is 4.03. The fourth-order valence-electron chi connectivity index (χ4n) is 5.37. The summed E-state index contributed by atoms with van der Waals surface area (Å²) in [6.45, 7) is 4.90. The zero-order valence-corrected chi connectivity index (χ0v) is 21.6. The van der Waals surface area contributed by atoms with Crippen LogP contribution in [0.2, 0.25) is 0 Å². The highest BCUT2D eigenvalue weighted by molar-refractivity contribution is 5.77. The Hall–Kier alpha value is -4.31. The first kappa shape index (κ1) is 24.1. The molecular formula is C25H31N12O+. The van der Waals surface area contributed by atoms with Gasteiger partial charge in [-0.3, -0.25) is 9.48 Å². The van der Waals surface area contributed by atoms with Gasteiger partial charge in [0.15, 0.2) is 5.65 Å². The van der Waals surface area contributed by atoms with E-state index in [1.165, 1.54) is 0 Å². The van der Waals surface area contributed by atoms with Crippen molar-refractivity contribution in [1.29, 1.82) is 5.26 Å². The van der Waals surface area contributed by atoms with E-state index in [0.717, 1.165) is 50.6 Å². The second kappa shape index (κ2) is 9.53. The van der Waals surface area contributed by atoms with Crippen LogP contribution in [0.5, 0.6) is 0 Å². The molecule has 6 heterocycles. The first-order valence-electron chi connectivity index (χ1n) is 12.8. The van der Waals surface area contributed by atoms with Crippen molar-refractivity contribution in [3.8, 4) is 6.07 Å². The third-order valence-electron chi connectivity index (χ3n) is 7.58. The molecule has 0 aliphatic carbocycles. The fourth-order valence-corrected chi connectivity index (χ4v) is 5.37. The van der Waals surface area contributed by atoms with Crippen LogP contribution in [0.4, 0.5) is 17.3 Å². The van der Waals surface area contributed by atoms with Gasteiger partial charge in [-0.1, -0.05) is 4.99 Å². The summed E-state index contributed by atoms with van der Waals surface area (Å²) in [6.07, 6.45) is 9.66. The van der Waals surface area contributed by atoms with Gasteiger partial charge >= 0.3 is 0 Å². The van der Waals surface area contributed by atoms with Crippen molar-refractivity contribution < 1.29 is 9.37 Å². The van der Waals surface area contributed by atoms with Gasteiger partial charge in [0.1, 0.15) is 12.8 Å². The summed E-state index contributed by atoms with van der Waals surface area (Å²) < 4.78 is 5.34. The highest BCUT2D eigenvalue weighted by Gasteiger charge is 2.53. The first-order chi connectivity index (χ1) is 18.4. The quantitative estimate of drug-likeness (QED) is 0.445. The lowest BCUT2D eigenvalue weighted by Crippen LogP contribution is -2.62. The lowest BCUT2D eigenvalue weighted by Gasteiger charge is -2.50. The van der Waals surface area contributed by atoms with Crippen molar-refractivity contribution in [1.82, 2.24) is 34.2 Å². The number of amides is 1. The Labute approximate surface area is 220 Å². The lowest BCUT2D eigenvalue weighted by molar-refractivity contribution is -0.351. The van der Waals surface area contributed by atoms with E-state index in [9.17, 15) is 10.1 Å². The molecule has 196 valence electrons. The molecule has 13 nitrogen and oxygen atoms in total. The highest BCUT2D eigenvalue weighted by Crippen LogP contribution is 2.42. The van der Waals surface area contributed by atoms with Crippen molar-refractivity contribution in [3.05, 3.63) is 30.7 Å². The molecule has 3 aromatic rings. The van der Waals surface area contributed by atoms with Crippen molar-refractivity contribution in [2.45, 2.75) is 19.0 Å². The maximum absolute atomic E-state index is 12.6. The zero-order chi connectivity index (χ0) is 26.3. The minimum Gasteiger partial charge on any atom is -0.367 e. The van der Waals surface area contributed by atoms with Gasteiger partial charge in [-0.2, -0.15) is 15.3 Å². The number of carbonyl (C=O) groups excluding carboxylic acids is 1. The number of hydrogen-bond donors (Lipinski definition) is 1. The summed E-state index contributed by atoms with van der Waals surface area (Å²) in [5.41, 5.74) is 2.20. The Morgan fingerprint density at radius 3 is 2.84 bits per heavy atom. The number of nitriles is 1. The molecule has 6 rings (SSSR count). The van der Waals surface area contributed by atoms with E-state index in [1.807, 2.05) is 41.2 Å². The normalized spacial score (nSPS) is 20.9. The topological polar surface area (TPSA) is 126 Å². The van der Waals surface area contributed by atoms with Crippen molar-refractivity contribution in [3.63, 3.8) is 0 Å². The average Bonchev–Trinajstić information content (AvgIpc) is 3.61. The average molecular weight is 516 g/mol. The van der Waals surface area contributed by atoms with Gasteiger partial charge in [-0.25, -0.2) is 9.09 Å². The van der Waals surface area contributed by atoms with Gasteiger partial charge in [0.25, 0.3) is 6.34 Å². The summed E-state index contributed by atoms with van der Waals surface area (Å²) in [6, 6.07) is 6.33. The van der Waals surface area contributed by atoms with Crippen LogP contribution < -0.4 is 10.2 Å². The number of pyridine rings is 1. The maximum atomic E-state index is 12.6.